The van der Waals surface area contributed by atoms with E-state index < -0.39 is 20.6 Å². The third kappa shape index (κ3) is 5.68. The van der Waals surface area contributed by atoms with Crippen molar-refractivity contribution in [3.8, 4) is 0 Å². The van der Waals surface area contributed by atoms with Gasteiger partial charge in [0.2, 0.25) is 0 Å². The van der Waals surface area contributed by atoms with Crippen LogP contribution in [0.2, 0.25) is 0 Å². The van der Waals surface area contributed by atoms with Gasteiger partial charge >= 0.3 is 0 Å². The lowest BCUT2D eigenvalue weighted by Gasteiger charge is -2.12. The van der Waals surface area contributed by atoms with E-state index in [4.69, 9.17) is 0 Å². The van der Waals surface area contributed by atoms with Crippen LogP contribution in [0.1, 0.15) is 16.7 Å². The Balaban J connectivity index is 1.86. The Hall–Kier alpha value is -3.24. The van der Waals surface area contributed by atoms with E-state index in [2.05, 4.69) is 31.2 Å². The first-order chi connectivity index (χ1) is 14.7. The van der Waals surface area contributed by atoms with E-state index in [0.29, 0.717) is 5.69 Å². The zero-order chi connectivity index (χ0) is 22.6. The molecule has 31 heavy (non-hydrogen) atoms. The third-order valence-electron chi connectivity index (χ3n) is 4.35. The number of nitro benzene ring substituents is 1. The molecule has 0 saturated carbocycles. The molecule has 0 radical (unpaired) electrons. The summed E-state index contributed by atoms with van der Waals surface area (Å²) in [6.45, 7) is 3.68. The molecule has 0 aliphatic heterocycles. The van der Waals surface area contributed by atoms with Crippen LogP contribution in [0, 0.1) is 24.0 Å². The Morgan fingerprint density at radius 2 is 1.77 bits per heavy atom. The summed E-state index contributed by atoms with van der Waals surface area (Å²) in [5.74, 6) is 0. The van der Waals surface area contributed by atoms with E-state index in [1.165, 1.54) is 18.3 Å². The lowest BCUT2D eigenvalue weighted by Crippen LogP contribution is -2.14. The van der Waals surface area contributed by atoms with Crippen LogP contribution in [0.5, 0.6) is 0 Å². The van der Waals surface area contributed by atoms with Crippen molar-refractivity contribution < 1.29 is 13.3 Å². The largest absolute Gasteiger partial charge is 0.295 e. The molecule has 0 atom stereocenters. The first-order valence-corrected chi connectivity index (χ1v) is 11.4. The average molecular weight is 503 g/mol. The van der Waals surface area contributed by atoms with Gasteiger partial charge in [-0.3, -0.25) is 20.3 Å². The maximum Gasteiger partial charge on any atom is 0.295 e. The molecule has 0 bridgehead atoms. The van der Waals surface area contributed by atoms with E-state index in [1.807, 2.05) is 37.3 Å². The molecular formula is C21H19BrN4O4S. The number of nitrogens with one attached hydrogen (secondary N) is 2. The van der Waals surface area contributed by atoms with Crippen molar-refractivity contribution in [1.82, 2.24) is 0 Å². The summed E-state index contributed by atoms with van der Waals surface area (Å²) < 4.78 is 28.9. The SMILES string of the molecule is Cc1ccc(NS(=O)(=O)c2ccc(N/N=C/c3cccc(Br)c3)c([N+](=O)[O-])c2)c(C)c1. The van der Waals surface area contributed by atoms with Crippen molar-refractivity contribution in [3.63, 3.8) is 0 Å². The molecule has 10 heteroatoms. The molecule has 0 saturated heterocycles. The summed E-state index contributed by atoms with van der Waals surface area (Å²) in [5.41, 5.74) is 5.20. The summed E-state index contributed by atoms with van der Waals surface area (Å²) in [5, 5.41) is 15.5. The van der Waals surface area contributed by atoms with Gasteiger partial charge < -0.3 is 0 Å². The maximum atomic E-state index is 12.8. The number of hydrogen-bond donors (Lipinski definition) is 2. The van der Waals surface area contributed by atoms with Crippen molar-refractivity contribution in [2.75, 3.05) is 10.1 Å². The number of halogens is 1. The highest BCUT2D eigenvalue weighted by atomic mass is 79.9. The molecule has 3 aromatic carbocycles. The van der Waals surface area contributed by atoms with Crippen LogP contribution in [0.15, 0.2) is 75.1 Å². The number of anilines is 2. The number of hydrogen-bond acceptors (Lipinski definition) is 6. The van der Waals surface area contributed by atoms with E-state index in [1.54, 1.807) is 19.1 Å². The first-order valence-electron chi connectivity index (χ1n) is 9.09. The highest BCUT2D eigenvalue weighted by Crippen LogP contribution is 2.29. The zero-order valence-electron chi connectivity index (χ0n) is 16.7. The molecule has 0 aliphatic carbocycles. The van der Waals surface area contributed by atoms with Gasteiger partial charge in [-0.15, -0.1) is 0 Å². The van der Waals surface area contributed by atoms with E-state index >= 15 is 0 Å². The molecule has 2 N–H and O–H groups in total. The first kappa shape index (κ1) is 22.4. The Morgan fingerprint density at radius 1 is 1.03 bits per heavy atom. The Kier molecular flexibility index (Phi) is 6.71. The van der Waals surface area contributed by atoms with Gasteiger partial charge in [0.1, 0.15) is 5.69 Å². The van der Waals surface area contributed by atoms with Gasteiger partial charge in [-0.25, -0.2) is 8.42 Å². The number of benzene rings is 3. The van der Waals surface area contributed by atoms with Gasteiger partial charge in [0.05, 0.1) is 21.7 Å². The monoisotopic (exact) mass is 502 g/mol. The van der Waals surface area contributed by atoms with Crippen LogP contribution < -0.4 is 10.1 Å². The predicted octanol–water partition coefficient (Wildman–Crippen LogP) is 5.22. The molecule has 0 fully saturated rings. The quantitative estimate of drug-likeness (QED) is 0.261. The van der Waals surface area contributed by atoms with Crippen LogP contribution in [0.3, 0.4) is 0 Å². The molecule has 0 unspecified atom stereocenters. The Bertz CT molecular complexity index is 1280. The molecule has 0 heterocycles. The fourth-order valence-corrected chi connectivity index (χ4v) is 4.39. The molecule has 0 spiro atoms. The van der Waals surface area contributed by atoms with Gasteiger partial charge in [-0.05, 0) is 55.3 Å². The van der Waals surface area contributed by atoms with E-state index in [-0.39, 0.29) is 10.6 Å². The number of aryl methyl sites for hydroxylation is 2. The van der Waals surface area contributed by atoms with E-state index in [9.17, 15) is 18.5 Å². The number of rotatable bonds is 7. The van der Waals surface area contributed by atoms with Crippen molar-refractivity contribution in [1.29, 1.82) is 0 Å². The second-order valence-corrected chi connectivity index (χ2v) is 9.38. The minimum absolute atomic E-state index is 0.0710. The normalized spacial score (nSPS) is 11.5. The number of hydrazone groups is 1. The molecule has 0 amide bonds. The second kappa shape index (κ2) is 9.27. The standard InChI is InChI=1S/C21H19BrN4O4S/c1-14-6-8-19(15(2)10-14)25-31(29,30)18-7-9-20(21(12-18)26(27)28)24-23-13-16-4-3-5-17(22)11-16/h3-13,24-25H,1-2H3/b23-13+. The van der Waals surface area contributed by atoms with Crippen molar-refractivity contribution in [2.45, 2.75) is 18.7 Å². The van der Waals surface area contributed by atoms with Gasteiger partial charge in [0.15, 0.2) is 0 Å². The van der Waals surface area contributed by atoms with Crippen LogP contribution in [-0.4, -0.2) is 19.6 Å². The van der Waals surface area contributed by atoms with Gasteiger partial charge in [-0.1, -0.05) is 45.8 Å². The number of nitro groups is 1. The molecule has 3 rings (SSSR count). The summed E-state index contributed by atoms with van der Waals surface area (Å²) in [6, 6.07) is 16.2. The van der Waals surface area contributed by atoms with E-state index in [0.717, 1.165) is 27.2 Å². The zero-order valence-corrected chi connectivity index (χ0v) is 19.1. The number of sulfonamides is 1. The predicted molar refractivity (Wildman–Crippen MR) is 125 cm³/mol. The fraction of sp³-hybridized carbons (Fsp3) is 0.0952. The number of nitrogens with zero attached hydrogens (tertiary/aromatic N) is 2. The van der Waals surface area contributed by atoms with Crippen molar-refractivity contribution >= 4 is 49.2 Å². The van der Waals surface area contributed by atoms with Gasteiger partial charge in [0.25, 0.3) is 15.7 Å². The fourth-order valence-electron chi connectivity index (χ4n) is 2.82. The Labute approximate surface area is 188 Å². The third-order valence-corrected chi connectivity index (χ3v) is 6.21. The van der Waals surface area contributed by atoms with Crippen molar-refractivity contribution in [2.24, 2.45) is 5.10 Å². The van der Waals surface area contributed by atoms with Crippen LogP contribution >= 0.6 is 15.9 Å². The maximum absolute atomic E-state index is 12.8. The molecule has 0 aromatic heterocycles. The molecule has 3 aromatic rings. The lowest BCUT2D eigenvalue weighted by atomic mass is 10.1. The smallest absolute Gasteiger partial charge is 0.279 e. The summed E-state index contributed by atoms with van der Waals surface area (Å²) in [6.07, 6.45) is 1.50. The Morgan fingerprint density at radius 3 is 2.45 bits per heavy atom. The van der Waals surface area contributed by atoms with Crippen molar-refractivity contribution in [3.05, 3.63) is 91.9 Å². The highest BCUT2D eigenvalue weighted by Gasteiger charge is 2.22. The second-order valence-electron chi connectivity index (χ2n) is 6.78. The summed E-state index contributed by atoms with van der Waals surface area (Å²) in [4.78, 5) is 10.6. The molecular weight excluding hydrogens is 484 g/mol. The van der Waals surface area contributed by atoms with Gasteiger partial charge in [0, 0.05) is 10.5 Å². The molecule has 0 aliphatic rings. The topological polar surface area (TPSA) is 114 Å². The minimum Gasteiger partial charge on any atom is -0.279 e. The molecule has 8 nitrogen and oxygen atoms in total. The van der Waals surface area contributed by atoms with Crippen LogP contribution in [0.25, 0.3) is 0 Å². The van der Waals surface area contributed by atoms with Crippen LogP contribution in [0.4, 0.5) is 17.1 Å². The summed E-state index contributed by atoms with van der Waals surface area (Å²) >= 11 is 3.35. The average Bonchev–Trinajstić information content (AvgIpc) is 2.70. The van der Waals surface area contributed by atoms with Gasteiger partial charge in [-0.2, -0.15) is 5.10 Å². The summed E-state index contributed by atoms with van der Waals surface area (Å²) in [7, 11) is -4.02. The minimum atomic E-state index is -4.02. The molecule has 160 valence electrons. The lowest BCUT2D eigenvalue weighted by molar-refractivity contribution is -0.384. The highest BCUT2D eigenvalue weighted by molar-refractivity contribution is 9.10. The van der Waals surface area contributed by atoms with Crippen LogP contribution in [-0.2, 0) is 10.0 Å².